The standard InChI is InChI=1S/C24H19ClN2O5/c25-17-3-1-2-4-18(17)26-19(28)12-32-24(31)13-7-9-16(10-8-13)27-22(29)20-14-5-6-15(11-14)21(20)23(27)30/h1-10,14-15,20-21H,11-12H2,(H,26,28)/t14-,15-,20-,21-/m0/s1. The molecule has 32 heavy (non-hydrogen) atoms. The summed E-state index contributed by atoms with van der Waals surface area (Å²) in [6, 6.07) is 12.8. The van der Waals surface area contributed by atoms with E-state index in [-0.39, 0.29) is 41.0 Å². The highest BCUT2D eigenvalue weighted by Gasteiger charge is 2.59. The van der Waals surface area contributed by atoms with Crippen molar-refractivity contribution in [3.8, 4) is 0 Å². The summed E-state index contributed by atoms with van der Waals surface area (Å²) < 4.78 is 5.06. The number of nitrogens with zero attached hydrogens (tertiary/aromatic N) is 1. The maximum absolute atomic E-state index is 12.9. The van der Waals surface area contributed by atoms with Gasteiger partial charge in [0.2, 0.25) is 11.8 Å². The second-order valence-corrected chi connectivity index (χ2v) is 8.57. The molecule has 1 saturated heterocycles. The van der Waals surface area contributed by atoms with Crippen LogP contribution in [0.25, 0.3) is 0 Å². The number of allylic oxidation sites excluding steroid dienone is 2. The summed E-state index contributed by atoms with van der Waals surface area (Å²) in [4.78, 5) is 51.3. The van der Waals surface area contributed by atoms with Crippen LogP contribution >= 0.6 is 11.6 Å². The zero-order valence-electron chi connectivity index (χ0n) is 16.9. The number of amides is 3. The topological polar surface area (TPSA) is 92.8 Å². The predicted molar refractivity (Wildman–Crippen MR) is 117 cm³/mol. The molecule has 162 valence electrons. The molecule has 0 aromatic heterocycles. The number of imide groups is 1. The van der Waals surface area contributed by atoms with Crippen LogP contribution in [-0.2, 0) is 19.1 Å². The number of nitrogens with one attached hydrogen (secondary N) is 1. The van der Waals surface area contributed by atoms with Gasteiger partial charge in [0, 0.05) is 0 Å². The molecule has 0 unspecified atom stereocenters. The molecule has 1 heterocycles. The molecule has 2 aromatic carbocycles. The molecule has 2 aromatic rings. The Bertz CT molecular complexity index is 1130. The first-order valence-corrected chi connectivity index (χ1v) is 10.7. The van der Waals surface area contributed by atoms with Crippen LogP contribution in [0, 0.1) is 23.7 Å². The summed E-state index contributed by atoms with van der Waals surface area (Å²) in [7, 11) is 0. The number of esters is 1. The molecule has 1 N–H and O–H groups in total. The SMILES string of the molecule is O=C(COC(=O)c1ccc(N2C(=O)[C@@H]3[C@@H](C2=O)[C@H]2C=C[C@H]3C2)cc1)Nc1ccccc1Cl. The highest BCUT2D eigenvalue weighted by molar-refractivity contribution is 6.33. The maximum atomic E-state index is 12.9. The van der Waals surface area contributed by atoms with Crippen molar-refractivity contribution in [3.63, 3.8) is 0 Å². The van der Waals surface area contributed by atoms with E-state index in [1.54, 1.807) is 36.4 Å². The lowest BCUT2D eigenvalue weighted by molar-refractivity contribution is -0.123. The largest absolute Gasteiger partial charge is 0.452 e. The summed E-state index contributed by atoms with van der Waals surface area (Å²) in [5.74, 6) is -1.85. The smallest absolute Gasteiger partial charge is 0.338 e. The fourth-order valence-corrected chi connectivity index (χ4v) is 5.05. The number of fused-ring (bicyclic) bond motifs is 5. The Balaban J connectivity index is 1.21. The van der Waals surface area contributed by atoms with Gasteiger partial charge < -0.3 is 10.1 Å². The highest BCUT2D eigenvalue weighted by atomic mass is 35.5. The van der Waals surface area contributed by atoms with Crippen molar-refractivity contribution in [1.82, 2.24) is 0 Å². The van der Waals surface area contributed by atoms with Crippen LogP contribution in [0.2, 0.25) is 5.02 Å². The second kappa shape index (κ2) is 7.91. The third-order valence-corrected chi connectivity index (χ3v) is 6.64. The quantitative estimate of drug-likeness (QED) is 0.428. The number of hydrogen-bond donors (Lipinski definition) is 1. The summed E-state index contributed by atoms with van der Waals surface area (Å²) in [5, 5.41) is 2.95. The van der Waals surface area contributed by atoms with Gasteiger partial charge >= 0.3 is 5.97 Å². The minimum atomic E-state index is -0.691. The molecule has 3 aliphatic rings. The number of carbonyl (C=O) groups is 4. The molecule has 1 saturated carbocycles. The van der Waals surface area contributed by atoms with E-state index in [2.05, 4.69) is 5.32 Å². The zero-order chi connectivity index (χ0) is 22.4. The Morgan fingerprint density at radius 2 is 1.59 bits per heavy atom. The molecule has 1 aliphatic heterocycles. The van der Waals surface area contributed by atoms with E-state index in [4.69, 9.17) is 16.3 Å². The number of para-hydroxylation sites is 1. The van der Waals surface area contributed by atoms with Gasteiger partial charge in [-0.1, -0.05) is 35.9 Å². The molecular formula is C24H19ClN2O5. The fraction of sp³-hybridized carbons (Fsp3) is 0.250. The van der Waals surface area contributed by atoms with Gasteiger partial charge in [0.25, 0.3) is 5.91 Å². The van der Waals surface area contributed by atoms with Crippen molar-refractivity contribution < 1.29 is 23.9 Å². The molecule has 8 heteroatoms. The number of rotatable bonds is 5. The number of halogens is 1. The monoisotopic (exact) mass is 450 g/mol. The number of hydrogen-bond acceptors (Lipinski definition) is 5. The van der Waals surface area contributed by atoms with E-state index in [9.17, 15) is 19.2 Å². The molecule has 0 radical (unpaired) electrons. The van der Waals surface area contributed by atoms with Crippen LogP contribution < -0.4 is 10.2 Å². The van der Waals surface area contributed by atoms with E-state index >= 15 is 0 Å². The van der Waals surface area contributed by atoms with E-state index < -0.39 is 18.5 Å². The molecule has 5 rings (SSSR count). The molecule has 3 amide bonds. The highest BCUT2D eigenvalue weighted by Crippen LogP contribution is 2.53. The Morgan fingerprint density at radius 1 is 0.969 bits per heavy atom. The van der Waals surface area contributed by atoms with Crippen LogP contribution in [0.4, 0.5) is 11.4 Å². The first kappa shape index (κ1) is 20.5. The van der Waals surface area contributed by atoms with Gasteiger partial charge in [0.15, 0.2) is 6.61 Å². The summed E-state index contributed by atoms with van der Waals surface area (Å²) in [5.41, 5.74) is 1.06. The minimum Gasteiger partial charge on any atom is -0.452 e. The Morgan fingerprint density at radius 3 is 2.22 bits per heavy atom. The average molecular weight is 451 g/mol. The van der Waals surface area contributed by atoms with Crippen LogP contribution in [0.5, 0.6) is 0 Å². The second-order valence-electron chi connectivity index (χ2n) is 8.16. The van der Waals surface area contributed by atoms with Crippen LogP contribution in [0.1, 0.15) is 16.8 Å². The first-order chi connectivity index (χ1) is 15.4. The van der Waals surface area contributed by atoms with Gasteiger partial charge in [-0.2, -0.15) is 0 Å². The van der Waals surface area contributed by atoms with Gasteiger partial charge in [-0.15, -0.1) is 0 Å². The van der Waals surface area contributed by atoms with E-state index in [0.717, 1.165) is 6.42 Å². The van der Waals surface area contributed by atoms with Gasteiger partial charge in [-0.05, 0) is 54.7 Å². The van der Waals surface area contributed by atoms with Crippen LogP contribution in [0.15, 0.2) is 60.7 Å². The maximum Gasteiger partial charge on any atom is 0.338 e. The summed E-state index contributed by atoms with van der Waals surface area (Å²) in [6.45, 7) is -0.478. The van der Waals surface area contributed by atoms with Crippen LogP contribution in [-0.4, -0.2) is 30.3 Å². The molecule has 0 spiro atoms. The average Bonchev–Trinajstić information content (AvgIpc) is 3.47. The number of benzene rings is 2. The summed E-state index contributed by atoms with van der Waals surface area (Å²) in [6.07, 6.45) is 4.96. The van der Waals surface area contributed by atoms with Crippen molar-refractivity contribution in [3.05, 3.63) is 71.3 Å². The molecule has 2 aliphatic carbocycles. The van der Waals surface area contributed by atoms with Crippen molar-refractivity contribution in [2.24, 2.45) is 23.7 Å². The molecule has 7 nitrogen and oxygen atoms in total. The van der Waals surface area contributed by atoms with Gasteiger partial charge in [-0.3, -0.25) is 19.3 Å². The van der Waals surface area contributed by atoms with E-state index in [0.29, 0.717) is 16.4 Å². The van der Waals surface area contributed by atoms with Crippen molar-refractivity contribution in [1.29, 1.82) is 0 Å². The Kier molecular flexibility index (Phi) is 5.06. The zero-order valence-corrected chi connectivity index (χ0v) is 17.6. The van der Waals surface area contributed by atoms with Gasteiger partial charge in [0.1, 0.15) is 0 Å². The lowest BCUT2D eigenvalue weighted by atomic mass is 9.85. The van der Waals surface area contributed by atoms with Gasteiger partial charge in [-0.25, -0.2) is 4.79 Å². The van der Waals surface area contributed by atoms with Crippen molar-refractivity contribution in [2.75, 3.05) is 16.8 Å². The predicted octanol–water partition coefficient (Wildman–Crippen LogP) is 3.45. The van der Waals surface area contributed by atoms with E-state index in [1.165, 1.54) is 17.0 Å². The van der Waals surface area contributed by atoms with Crippen molar-refractivity contribution in [2.45, 2.75) is 6.42 Å². The third-order valence-electron chi connectivity index (χ3n) is 6.31. The summed E-state index contributed by atoms with van der Waals surface area (Å²) >= 11 is 5.99. The fourth-order valence-electron chi connectivity index (χ4n) is 4.87. The third kappa shape index (κ3) is 3.39. The number of carbonyl (C=O) groups excluding carboxylic acids is 4. The normalized spacial score (nSPS) is 25.2. The lowest BCUT2D eigenvalue weighted by Gasteiger charge is -2.17. The number of anilines is 2. The Hall–Kier alpha value is -3.45. The lowest BCUT2D eigenvalue weighted by Crippen LogP contribution is -2.32. The molecular weight excluding hydrogens is 432 g/mol. The van der Waals surface area contributed by atoms with E-state index in [1.807, 2.05) is 12.2 Å². The first-order valence-electron chi connectivity index (χ1n) is 10.3. The van der Waals surface area contributed by atoms with Crippen molar-refractivity contribution >= 4 is 46.7 Å². The van der Waals surface area contributed by atoms with Gasteiger partial charge in [0.05, 0.1) is 33.8 Å². The molecule has 2 fully saturated rings. The minimum absolute atomic E-state index is 0.137. The molecule has 4 atom stereocenters. The van der Waals surface area contributed by atoms with Crippen LogP contribution in [0.3, 0.4) is 0 Å². The number of ether oxygens (including phenoxy) is 1. The molecule has 2 bridgehead atoms. The Labute approximate surface area is 189 Å².